The van der Waals surface area contributed by atoms with E-state index in [2.05, 4.69) is 11.4 Å². The Balaban J connectivity index is 2.13. The average molecular weight is 229 g/mol. The number of hydrogen-bond donors (Lipinski definition) is 1. The van der Waals surface area contributed by atoms with Crippen LogP contribution in [0.1, 0.15) is 16.7 Å². The summed E-state index contributed by atoms with van der Waals surface area (Å²) in [4.78, 5) is 13.5. The first-order chi connectivity index (χ1) is 8.20. The molecule has 0 unspecified atom stereocenters. The molecule has 1 aromatic carbocycles. The third-order valence-corrected chi connectivity index (χ3v) is 3.02. The number of benzene rings is 1. The van der Waals surface area contributed by atoms with Crippen molar-refractivity contribution in [1.29, 1.82) is 5.26 Å². The van der Waals surface area contributed by atoms with Gasteiger partial charge in [0, 0.05) is 19.6 Å². The van der Waals surface area contributed by atoms with Crippen LogP contribution in [0.5, 0.6) is 0 Å². The second-order valence-corrected chi connectivity index (χ2v) is 4.25. The van der Waals surface area contributed by atoms with E-state index >= 15 is 0 Å². The summed E-state index contributed by atoms with van der Waals surface area (Å²) in [5.74, 6) is 0.139. The third kappa shape index (κ3) is 2.63. The van der Waals surface area contributed by atoms with E-state index in [1.54, 1.807) is 6.07 Å². The lowest BCUT2D eigenvalue weighted by molar-refractivity contribution is -0.132. The highest BCUT2D eigenvalue weighted by atomic mass is 16.2. The molecule has 2 rings (SSSR count). The first kappa shape index (κ1) is 11.6. The van der Waals surface area contributed by atoms with Crippen LogP contribution in [0.25, 0.3) is 0 Å². The minimum absolute atomic E-state index is 0.139. The van der Waals surface area contributed by atoms with Gasteiger partial charge in [-0.1, -0.05) is 6.07 Å². The van der Waals surface area contributed by atoms with Crippen molar-refractivity contribution < 1.29 is 4.79 Å². The van der Waals surface area contributed by atoms with Gasteiger partial charge < -0.3 is 10.2 Å². The van der Waals surface area contributed by atoms with E-state index in [-0.39, 0.29) is 5.91 Å². The zero-order valence-electron chi connectivity index (χ0n) is 9.86. The average Bonchev–Trinajstić information content (AvgIpc) is 2.34. The quantitative estimate of drug-likeness (QED) is 0.816. The summed E-state index contributed by atoms with van der Waals surface area (Å²) in [6.07, 6.45) is 0. The number of nitrogens with one attached hydrogen (secondary N) is 1. The Hall–Kier alpha value is -1.86. The van der Waals surface area contributed by atoms with Crippen molar-refractivity contribution in [3.8, 4) is 6.07 Å². The Morgan fingerprint density at radius 3 is 3.00 bits per heavy atom. The zero-order valence-corrected chi connectivity index (χ0v) is 9.86. The number of carbonyl (C=O) groups is 1. The SMILES string of the molecule is Cc1cc(C#N)ccc1CN1CCNCC1=O. The van der Waals surface area contributed by atoms with Crippen molar-refractivity contribution in [2.24, 2.45) is 0 Å². The fourth-order valence-corrected chi connectivity index (χ4v) is 1.96. The number of nitriles is 1. The molecule has 1 saturated heterocycles. The molecule has 1 aliphatic heterocycles. The highest BCUT2D eigenvalue weighted by Gasteiger charge is 2.18. The van der Waals surface area contributed by atoms with Crippen LogP contribution in [-0.2, 0) is 11.3 Å². The number of rotatable bonds is 2. The Morgan fingerprint density at radius 2 is 2.35 bits per heavy atom. The van der Waals surface area contributed by atoms with E-state index in [0.29, 0.717) is 18.7 Å². The van der Waals surface area contributed by atoms with Gasteiger partial charge in [0.05, 0.1) is 18.2 Å². The first-order valence-electron chi connectivity index (χ1n) is 5.69. The Morgan fingerprint density at radius 1 is 1.53 bits per heavy atom. The van der Waals surface area contributed by atoms with E-state index in [9.17, 15) is 4.79 Å². The molecule has 0 radical (unpaired) electrons. The topological polar surface area (TPSA) is 56.1 Å². The number of nitrogens with zero attached hydrogens (tertiary/aromatic N) is 2. The normalized spacial score (nSPS) is 15.8. The highest BCUT2D eigenvalue weighted by molar-refractivity contribution is 5.79. The summed E-state index contributed by atoms with van der Waals surface area (Å²) < 4.78 is 0. The lowest BCUT2D eigenvalue weighted by atomic mass is 10.0. The summed E-state index contributed by atoms with van der Waals surface area (Å²) in [5, 5.41) is 11.8. The smallest absolute Gasteiger partial charge is 0.236 e. The summed E-state index contributed by atoms with van der Waals surface area (Å²) in [7, 11) is 0. The van der Waals surface area contributed by atoms with Crippen molar-refractivity contribution >= 4 is 5.91 Å². The van der Waals surface area contributed by atoms with Gasteiger partial charge in [0.1, 0.15) is 0 Å². The van der Waals surface area contributed by atoms with E-state index in [1.165, 1.54) is 0 Å². The molecule has 1 aliphatic rings. The minimum Gasteiger partial charge on any atom is -0.336 e. The fraction of sp³-hybridized carbons (Fsp3) is 0.385. The van der Waals surface area contributed by atoms with Gasteiger partial charge in [-0.2, -0.15) is 5.26 Å². The van der Waals surface area contributed by atoms with Gasteiger partial charge >= 0.3 is 0 Å². The molecule has 0 aliphatic carbocycles. The van der Waals surface area contributed by atoms with Crippen LogP contribution in [0.4, 0.5) is 0 Å². The molecule has 1 heterocycles. The van der Waals surface area contributed by atoms with Crippen molar-refractivity contribution in [3.63, 3.8) is 0 Å². The number of hydrogen-bond acceptors (Lipinski definition) is 3. The van der Waals surface area contributed by atoms with Gasteiger partial charge in [-0.25, -0.2) is 0 Å². The van der Waals surface area contributed by atoms with E-state index in [1.807, 2.05) is 24.0 Å². The van der Waals surface area contributed by atoms with Crippen LogP contribution in [0, 0.1) is 18.3 Å². The highest BCUT2D eigenvalue weighted by Crippen LogP contribution is 2.13. The van der Waals surface area contributed by atoms with E-state index in [0.717, 1.165) is 24.2 Å². The first-order valence-corrected chi connectivity index (χ1v) is 5.69. The van der Waals surface area contributed by atoms with Crippen LogP contribution in [0.15, 0.2) is 18.2 Å². The number of piperazine rings is 1. The Kier molecular flexibility index (Phi) is 3.40. The van der Waals surface area contributed by atoms with Gasteiger partial charge in [-0.05, 0) is 30.2 Å². The number of carbonyl (C=O) groups excluding carboxylic acids is 1. The van der Waals surface area contributed by atoms with E-state index < -0.39 is 0 Å². The molecule has 1 fully saturated rings. The van der Waals surface area contributed by atoms with Crippen molar-refractivity contribution in [2.75, 3.05) is 19.6 Å². The van der Waals surface area contributed by atoms with Crippen LogP contribution in [0.2, 0.25) is 0 Å². The van der Waals surface area contributed by atoms with Gasteiger partial charge in [0.25, 0.3) is 0 Å². The molecule has 0 bridgehead atoms. The summed E-state index contributed by atoms with van der Waals surface area (Å²) in [5.41, 5.74) is 2.84. The standard InChI is InChI=1S/C13H15N3O/c1-10-6-11(7-14)2-3-12(10)9-16-5-4-15-8-13(16)17/h2-3,6,15H,4-5,8-9H2,1H3. The van der Waals surface area contributed by atoms with Crippen LogP contribution in [0.3, 0.4) is 0 Å². The van der Waals surface area contributed by atoms with Crippen molar-refractivity contribution in [1.82, 2.24) is 10.2 Å². The predicted octanol–water partition coefficient (Wildman–Crippen LogP) is 0.798. The van der Waals surface area contributed by atoms with Gasteiger partial charge in [-0.3, -0.25) is 4.79 Å². The van der Waals surface area contributed by atoms with Gasteiger partial charge in [0.2, 0.25) is 5.91 Å². The molecule has 0 atom stereocenters. The number of aryl methyl sites for hydroxylation is 1. The molecule has 4 nitrogen and oxygen atoms in total. The minimum atomic E-state index is 0.139. The van der Waals surface area contributed by atoms with Crippen molar-refractivity contribution in [2.45, 2.75) is 13.5 Å². The molecular formula is C13H15N3O. The molecule has 17 heavy (non-hydrogen) atoms. The molecule has 4 heteroatoms. The second-order valence-electron chi connectivity index (χ2n) is 4.25. The maximum absolute atomic E-state index is 11.6. The largest absolute Gasteiger partial charge is 0.336 e. The zero-order chi connectivity index (χ0) is 12.3. The third-order valence-electron chi connectivity index (χ3n) is 3.02. The summed E-state index contributed by atoms with van der Waals surface area (Å²) in [6.45, 7) is 4.63. The van der Waals surface area contributed by atoms with Crippen LogP contribution in [-0.4, -0.2) is 30.4 Å². The molecule has 1 aromatic rings. The maximum atomic E-state index is 11.6. The Bertz CT molecular complexity index is 476. The Labute approximate surface area is 101 Å². The molecule has 1 amide bonds. The maximum Gasteiger partial charge on any atom is 0.236 e. The lowest BCUT2D eigenvalue weighted by Gasteiger charge is -2.28. The van der Waals surface area contributed by atoms with Gasteiger partial charge in [-0.15, -0.1) is 0 Å². The van der Waals surface area contributed by atoms with Crippen molar-refractivity contribution in [3.05, 3.63) is 34.9 Å². The number of amides is 1. The molecule has 0 saturated carbocycles. The van der Waals surface area contributed by atoms with Crippen LogP contribution < -0.4 is 5.32 Å². The summed E-state index contributed by atoms with van der Waals surface area (Å²) in [6, 6.07) is 7.71. The fourth-order valence-electron chi connectivity index (χ4n) is 1.96. The summed E-state index contributed by atoms with van der Waals surface area (Å²) >= 11 is 0. The predicted molar refractivity (Wildman–Crippen MR) is 64.2 cm³/mol. The molecule has 1 N–H and O–H groups in total. The second kappa shape index (κ2) is 4.98. The molecule has 0 spiro atoms. The molecular weight excluding hydrogens is 214 g/mol. The van der Waals surface area contributed by atoms with Crippen LogP contribution >= 0.6 is 0 Å². The van der Waals surface area contributed by atoms with E-state index in [4.69, 9.17) is 5.26 Å². The molecule has 88 valence electrons. The monoisotopic (exact) mass is 229 g/mol. The lowest BCUT2D eigenvalue weighted by Crippen LogP contribution is -2.47. The molecule has 0 aromatic heterocycles. The van der Waals surface area contributed by atoms with Gasteiger partial charge in [0.15, 0.2) is 0 Å².